The Morgan fingerprint density at radius 1 is 1.73 bits per heavy atom. The van der Waals surface area contributed by atoms with Crippen LogP contribution in [0, 0.1) is 5.92 Å². The molecule has 0 bridgehead atoms. The molecule has 1 atom stereocenters. The number of carbonyl (C=O) groups excluding carboxylic acids is 1. The molecular weight excluding hydrogens is 136 g/mol. The predicted molar refractivity (Wildman–Crippen MR) is 46.4 cm³/mol. The lowest BCUT2D eigenvalue weighted by Gasteiger charge is -2.06. The first-order chi connectivity index (χ1) is 5.24. The van der Waals surface area contributed by atoms with Crippen molar-refractivity contribution in [2.45, 2.75) is 39.5 Å². The fourth-order valence-electron chi connectivity index (χ4n) is 1.86. The summed E-state index contributed by atoms with van der Waals surface area (Å²) in [7, 11) is 0. The van der Waals surface area contributed by atoms with Crippen LogP contribution in [0.1, 0.15) is 39.5 Å². The highest BCUT2D eigenvalue weighted by Crippen LogP contribution is 2.32. The molecule has 0 saturated heterocycles. The summed E-state index contributed by atoms with van der Waals surface area (Å²) in [5.74, 6) is 0.916. The molecule has 0 aromatic rings. The predicted octanol–water partition coefficient (Wildman–Crippen LogP) is 2.71. The topological polar surface area (TPSA) is 17.1 Å². The highest BCUT2D eigenvalue weighted by Gasteiger charge is 2.18. The molecule has 1 rings (SSSR count). The molecule has 0 amide bonds. The van der Waals surface area contributed by atoms with E-state index in [1.54, 1.807) is 6.92 Å². The first kappa shape index (κ1) is 8.51. The highest BCUT2D eigenvalue weighted by atomic mass is 16.1. The van der Waals surface area contributed by atoms with E-state index in [1.165, 1.54) is 24.8 Å². The summed E-state index contributed by atoms with van der Waals surface area (Å²) >= 11 is 0. The molecule has 0 aromatic carbocycles. The Hall–Kier alpha value is -0.590. The van der Waals surface area contributed by atoms with Crippen LogP contribution in [0.5, 0.6) is 0 Å². The molecule has 11 heavy (non-hydrogen) atoms. The largest absolute Gasteiger partial charge is 0.295 e. The maximum atomic E-state index is 10.8. The van der Waals surface area contributed by atoms with Crippen molar-refractivity contribution < 1.29 is 4.79 Å². The molecule has 0 aliphatic heterocycles. The van der Waals surface area contributed by atoms with Crippen LogP contribution in [0.15, 0.2) is 11.6 Å². The first-order valence-corrected chi connectivity index (χ1v) is 4.45. The Morgan fingerprint density at radius 3 is 3.00 bits per heavy atom. The van der Waals surface area contributed by atoms with Crippen LogP contribution in [-0.2, 0) is 4.79 Å². The van der Waals surface area contributed by atoms with E-state index in [1.807, 2.05) is 6.08 Å². The normalized spacial score (nSPS) is 27.8. The van der Waals surface area contributed by atoms with Gasteiger partial charge in [0.25, 0.3) is 0 Å². The Kier molecular flexibility index (Phi) is 2.86. The molecule has 0 radical (unpaired) electrons. The number of ketones is 1. The molecule has 0 heterocycles. The minimum Gasteiger partial charge on any atom is -0.295 e. The van der Waals surface area contributed by atoms with E-state index in [4.69, 9.17) is 0 Å². The summed E-state index contributed by atoms with van der Waals surface area (Å²) in [4.78, 5) is 10.8. The molecule has 1 nitrogen and oxygen atoms in total. The van der Waals surface area contributed by atoms with Crippen molar-refractivity contribution in [3.05, 3.63) is 11.6 Å². The number of allylic oxidation sites excluding steroid dienone is 2. The molecule has 1 heteroatoms. The Balaban J connectivity index is 2.63. The van der Waals surface area contributed by atoms with Gasteiger partial charge in [0.05, 0.1) is 0 Å². The zero-order chi connectivity index (χ0) is 8.27. The van der Waals surface area contributed by atoms with Crippen molar-refractivity contribution >= 4 is 5.78 Å². The van der Waals surface area contributed by atoms with Crippen molar-refractivity contribution in [3.63, 3.8) is 0 Å². The summed E-state index contributed by atoms with van der Waals surface area (Å²) < 4.78 is 0. The van der Waals surface area contributed by atoms with Crippen molar-refractivity contribution in [1.29, 1.82) is 0 Å². The molecule has 0 aromatic heterocycles. The average molecular weight is 152 g/mol. The summed E-state index contributed by atoms with van der Waals surface area (Å²) in [6.07, 6.45) is 6.74. The van der Waals surface area contributed by atoms with Crippen LogP contribution in [0.4, 0.5) is 0 Å². The van der Waals surface area contributed by atoms with E-state index in [0.29, 0.717) is 5.92 Å². The van der Waals surface area contributed by atoms with Crippen molar-refractivity contribution in [1.82, 2.24) is 0 Å². The van der Waals surface area contributed by atoms with Crippen LogP contribution in [0.3, 0.4) is 0 Å². The third kappa shape index (κ3) is 2.18. The number of hydrogen-bond donors (Lipinski definition) is 0. The van der Waals surface area contributed by atoms with Gasteiger partial charge in [-0.15, -0.1) is 0 Å². The lowest BCUT2D eigenvalue weighted by Crippen LogP contribution is -1.96. The van der Waals surface area contributed by atoms with Gasteiger partial charge in [0.1, 0.15) is 0 Å². The smallest absolute Gasteiger partial charge is 0.152 e. The number of hydrogen-bond acceptors (Lipinski definition) is 1. The van der Waals surface area contributed by atoms with Gasteiger partial charge in [-0.3, -0.25) is 4.79 Å². The third-order valence-electron chi connectivity index (χ3n) is 2.42. The SMILES string of the molecule is CCC1CCCC1=CC(C)=O. The third-order valence-corrected chi connectivity index (χ3v) is 2.42. The van der Waals surface area contributed by atoms with Crippen molar-refractivity contribution in [2.24, 2.45) is 5.92 Å². The van der Waals surface area contributed by atoms with Gasteiger partial charge in [-0.2, -0.15) is 0 Å². The van der Waals surface area contributed by atoms with Gasteiger partial charge in [-0.05, 0) is 44.6 Å². The fraction of sp³-hybridized carbons (Fsp3) is 0.700. The second-order valence-electron chi connectivity index (χ2n) is 3.33. The summed E-state index contributed by atoms with van der Waals surface area (Å²) in [5, 5.41) is 0. The van der Waals surface area contributed by atoms with Gasteiger partial charge in [0, 0.05) is 0 Å². The van der Waals surface area contributed by atoms with Gasteiger partial charge in [0.2, 0.25) is 0 Å². The summed E-state index contributed by atoms with van der Waals surface area (Å²) in [6, 6.07) is 0. The van der Waals surface area contributed by atoms with Gasteiger partial charge >= 0.3 is 0 Å². The van der Waals surface area contributed by atoms with Crippen molar-refractivity contribution in [2.75, 3.05) is 0 Å². The second-order valence-corrected chi connectivity index (χ2v) is 3.33. The molecule has 1 saturated carbocycles. The maximum Gasteiger partial charge on any atom is 0.152 e. The minimum atomic E-state index is 0.209. The molecule has 62 valence electrons. The number of rotatable bonds is 2. The Morgan fingerprint density at radius 2 is 2.45 bits per heavy atom. The van der Waals surface area contributed by atoms with E-state index in [-0.39, 0.29) is 5.78 Å². The van der Waals surface area contributed by atoms with Crippen LogP contribution in [0.2, 0.25) is 0 Å². The molecule has 1 unspecified atom stereocenters. The molecule has 0 spiro atoms. The van der Waals surface area contributed by atoms with Crippen LogP contribution >= 0.6 is 0 Å². The Bertz CT molecular complexity index is 179. The molecule has 1 aliphatic carbocycles. The fourth-order valence-corrected chi connectivity index (χ4v) is 1.86. The molecule has 1 aliphatic rings. The van der Waals surface area contributed by atoms with Gasteiger partial charge in [-0.1, -0.05) is 12.5 Å². The number of carbonyl (C=O) groups is 1. The first-order valence-electron chi connectivity index (χ1n) is 4.45. The monoisotopic (exact) mass is 152 g/mol. The molecule has 0 N–H and O–H groups in total. The van der Waals surface area contributed by atoms with E-state index >= 15 is 0 Å². The maximum absolute atomic E-state index is 10.8. The summed E-state index contributed by atoms with van der Waals surface area (Å²) in [5.41, 5.74) is 1.39. The van der Waals surface area contributed by atoms with Crippen molar-refractivity contribution in [3.8, 4) is 0 Å². The van der Waals surface area contributed by atoms with E-state index in [0.717, 1.165) is 6.42 Å². The van der Waals surface area contributed by atoms with Gasteiger partial charge < -0.3 is 0 Å². The van der Waals surface area contributed by atoms with Crippen LogP contribution < -0.4 is 0 Å². The van der Waals surface area contributed by atoms with E-state index in [2.05, 4.69) is 6.92 Å². The second kappa shape index (κ2) is 3.70. The standard InChI is InChI=1S/C10H16O/c1-3-9-5-4-6-10(9)7-8(2)11/h7,9H,3-6H2,1-2H3. The van der Waals surface area contributed by atoms with E-state index in [9.17, 15) is 4.79 Å². The zero-order valence-corrected chi connectivity index (χ0v) is 7.39. The quantitative estimate of drug-likeness (QED) is 0.556. The zero-order valence-electron chi connectivity index (χ0n) is 7.39. The van der Waals surface area contributed by atoms with E-state index < -0.39 is 0 Å². The van der Waals surface area contributed by atoms with Gasteiger partial charge in [0.15, 0.2) is 5.78 Å². The summed E-state index contributed by atoms with van der Waals surface area (Å²) in [6.45, 7) is 3.84. The van der Waals surface area contributed by atoms with Gasteiger partial charge in [-0.25, -0.2) is 0 Å². The van der Waals surface area contributed by atoms with Crippen LogP contribution in [-0.4, -0.2) is 5.78 Å². The minimum absolute atomic E-state index is 0.209. The lowest BCUT2D eigenvalue weighted by atomic mass is 9.99. The highest BCUT2D eigenvalue weighted by molar-refractivity contribution is 5.88. The molecule has 1 fully saturated rings. The molecular formula is C10H16O. The average Bonchev–Trinajstić information content (AvgIpc) is 2.34. The van der Waals surface area contributed by atoms with Crippen LogP contribution in [0.25, 0.3) is 0 Å². The lowest BCUT2D eigenvalue weighted by molar-refractivity contribution is -0.112. The Labute approximate surface area is 68.5 Å².